The smallest absolute Gasteiger partial charge is 0.315 e. The maximum absolute atomic E-state index is 11.1. The van der Waals surface area contributed by atoms with Gasteiger partial charge < -0.3 is 15.2 Å². The van der Waals surface area contributed by atoms with Crippen LogP contribution in [0.25, 0.3) is 0 Å². The van der Waals surface area contributed by atoms with Crippen LogP contribution in [0.5, 0.6) is 0 Å². The van der Waals surface area contributed by atoms with Gasteiger partial charge in [-0.25, -0.2) is 4.79 Å². The van der Waals surface area contributed by atoms with E-state index in [4.69, 9.17) is 4.52 Å². The predicted molar refractivity (Wildman–Crippen MR) is 47.0 cm³/mol. The second-order valence-corrected chi connectivity index (χ2v) is 2.96. The number of carbonyl (C=O) groups excluding carboxylic acids is 1. The summed E-state index contributed by atoms with van der Waals surface area (Å²) in [5.74, 6) is 0.638. The van der Waals surface area contributed by atoms with Crippen LogP contribution in [0.3, 0.4) is 0 Å². The van der Waals surface area contributed by atoms with Gasteiger partial charge in [0.05, 0.1) is 12.7 Å². The van der Waals surface area contributed by atoms with Crippen molar-refractivity contribution in [2.45, 2.75) is 26.4 Å². The third-order valence-corrected chi connectivity index (χ3v) is 1.33. The van der Waals surface area contributed by atoms with Crippen LogP contribution in [-0.4, -0.2) is 17.2 Å². The Kier molecular flexibility index (Phi) is 3.31. The fourth-order valence-corrected chi connectivity index (χ4v) is 0.814. The van der Waals surface area contributed by atoms with E-state index in [1.807, 2.05) is 13.8 Å². The number of carbonyl (C=O) groups is 1. The van der Waals surface area contributed by atoms with Crippen molar-refractivity contribution >= 4 is 6.03 Å². The molecule has 0 aliphatic carbocycles. The first-order valence-electron chi connectivity index (χ1n) is 4.12. The lowest BCUT2D eigenvalue weighted by Crippen LogP contribution is -2.38. The van der Waals surface area contributed by atoms with Crippen LogP contribution >= 0.6 is 0 Å². The molecule has 2 N–H and O–H groups in total. The molecule has 72 valence electrons. The van der Waals surface area contributed by atoms with Crippen molar-refractivity contribution in [1.82, 2.24) is 15.8 Å². The van der Waals surface area contributed by atoms with Crippen LogP contribution in [0.2, 0.25) is 0 Å². The third-order valence-electron chi connectivity index (χ3n) is 1.33. The number of hydrogen-bond donors (Lipinski definition) is 2. The van der Waals surface area contributed by atoms with Crippen molar-refractivity contribution in [1.29, 1.82) is 0 Å². The summed E-state index contributed by atoms with van der Waals surface area (Å²) in [5, 5.41) is 8.84. The van der Waals surface area contributed by atoms with Crippen LogP contribution in [-0.2, 0) is 6.54 Å². The molecule has 5 nitrogen and oxygen atoms in total. The van der Waals surface area contributed by atoms with Gasteiger partial charge in [0.15, 0.2) is 5.76 Å². The molecule has 1 heterocycles. The Morgan fingerprint density at radius 3 is 3.00 bits per heavy atom. The van der Waals surface area contributed by atoms with E-state index in [9.17, 15) is 4.79 Å². The molecule has 0 fully saturated rings. The van der Waals surface area contributed by atoms with E-state index in [1.54, 1.807) is 6.07 Å². The summed E-state index contributed by atoms with van der Waals surface area (Å²) in [6.07, 6.45) is 1.54. The zero-order valence-electron chi connectivity index (χ0n) is 7.70. The Morgan fingerprint density at radius 1 is 1.69 bits per heavy atom. The normalized spacial score (nSPS) is 10.1. The van der Waals surface area contributed by atoms with Crippen LogP contribution in [0.4, 0.5) is 4.79 Å². The Morgan fingerprint density at radius 2 is 2.46 bits per heavy atom. The zero-order valence-corrected chi connectivity index (χ0v) is 7.70. The van der Waals surface area contributed by atoms with Crippen molar-refractivity contribution in [2.24, 2.45) is 0 Å². The molecule has 0 saturated carbocycles. The molecule has 1 aromatic heterocycles. The summed E-state index contributed by atoms with van der Waals surface area (Å²) in [4.78, 5) is 11.1. The number of hydrogen-bond acceptors (Lipinski definition) is 3. The van der Waals surface area contributed by atoms with E-state index in [2.05, 4.69) is 15.8 Å². The molecule has 13 heavy (non-hydrogen) atoms. The first kappa shape index (κ1) is 9.57. The maximum Gasteiger partial charge on any atom is 0.315 e. The van der Waals surface area contributed by atoms with Crippen LogP contribution in [0, 0.1) is 0 Å². The number of rotatable bonds is 3. The highest BCUT2D eigenvalue weighted by Crippen LogP contribution is 1.94. The molecule has 1 aromatic rings. The average molecular weight is 183 g/mol. The Balaban J connectivity index is 2.23. The molecule has 0 aliphatic rings. The molecule has 0 bridgehead atoms. The van der Waals surface area contributed by atoms with E-state index < -0.39 is 0 Å². The van der Waals surface area contributed by atoms with E-state index in [0.29, 0.717) is 12.3 Å². The lowest BCUT2D eigenvalue weighted by atomic mass is 10.4. The first-order chi connectivity index (χ1) is 6.18. The van der Waals surface area contributed by atoms with Crippen LogP contribution in [0.1, 0.15) is 19.6 Å². The van der Waals surface area contributed by atoms with E-state index >= 15 is 0 Å². The van der Waals surface area contributed by atoms with Gasteiger partial charge in [0, 0.05) is 12.1 Å². The van der Waals surface area contributed by atoms with Crippen molar-refractivity contribution in [2.75, 3.05) is 0 Å². The fourth-order valence-electron chi connectivity index (χ4n) is 0.814. The lowest BCUT2D eigenvalue weighted by molar-refractivity contribution is 0.236. The van der Waals surface area contributed by atoms with Gasteiger partial charge in [0.2, 0.25) is 0 Å². The Labute approximate surface area is 76.5 Å². The molecular formula is C8H13N3O2. The topological polar surface area (TPSA) is 67.2 Å². The fraction of sp³-hybridized carbons (Fsp3) is 0.500. The quantitative estimate of drug-likeness (QED) is 0.731. The van der Waals surface area contributed by atoms with Crippen molar-refractivity contribution in [3.8, 4) is 0 Å². The second kappa shape index (κ2) is 4.49. The van der Waals surface area contributed by atoms with Crippen molar-refractivity contribution in [3.63, 3.8) is 0 Å². The second-order valence-electron chi connectivity index (χ2n) is 2.96. The van der Waals surface area contributed by atoms with E-state index in [0.717, 1.165) is 0 Å². The number of amides is 2. The molecule has 0 aliphatic heterocycles. The van der Waals surface area contributed by atoms with Crippen LogP contribution in [0.15, 0.2) is 16.8 Å². The minimum atomic E-state index is -0.202. The molecule has 1 rings (SSSR count). The number of urea groups is 1. The summed E-state index contributed by atoms with van der Waals surface area (Å²) in [7, 11) is 0. The Bertz CT molecular complexity index is 256. The monoisotopic (exact) mass is 183 g/mol. The summed E-state index contributed by atoms with van der Waals surface area (Å²) in [6.45, 7) is 4.15. The number of nitrogens with one attached hydrogen (secondary N) is 2. The number of aromatic nitrogens is 1. The van der Waals surface area contributed by atoms with Gasteiger partial charge >= 0.3 is 6.03 Å². The molecule has 0 atom stereocenters. The van der Waals surface area contributed by atoms with Crippen LogP contribution < -0.4 is 10.6 Å². The van der Waals surface area contributed by atoms with Crippen molar-refractivity contribution < 1.29 is 9.32 Å². The Hall–Kier alpha value is -1.52. The summed E-state index contributed by atoms with van der Waals surface area (Å²) >= 11 is 0. The molecule has 0 radical (unpaired) electrons. The van der Waals surface area contributed by atoms with Gasteiger partial charge in [-0.15, -0.1) is 0 Å². The van der Waals surface area contributed by atoms with Gasteiger partial charge in [-0.1, -0.05) is 5.16 Å². The molecular weight excluding hydrogens is 170 g/mol. The minimum absolute atomic E-state index is 0.134. The third kappa shape index (κ3) is 3.59. The highest BCUT2D eigenvalue weighted by molar-refractivity contribution is 5.73. The first-order valence-corrected chi connectivity index (χ1v) is 4.12. The number of nitrogens with zero attached hydrogens (tertiary/aromatic N) is 1. The summed E-state index contributed by atoms with van der Waals surface area (Å²) in [6, 6.07) is 1.64. The largest absolute Gasteiger partial charge is 0.360 e. The van der Waals surface area contributed by atoms with Gasteiger partial charge in [-0.3, -0.25) is 0 Å². The van der Waals surface area contributed by atoms with Gasteiger partial charge in [0.25, 0.3) is 0 Å². The van der Waals surface area contributed by atoms with E-state index in [1.165, 1.54) is 6.20 Å². The zero-order chi connectivity index (χ0) is 9.68. The maximum atomic E-state index is 11.1. The molecule has 0 unspecified atom stereocenters. The minimum Gasteiger partial charge on any atom is -0.360 e. The molecule has 2 amide bonds. The van der Waals surface area contributed by atoms with Gasteiger partial charge in [0.1, 0.15) is 0 Å². The van der Waals surface area contributed by atoms with Gasteiger partial charge in [-0.05, 0) is 13.8 Å². The average Bonchev–Trinajstić information content (AvgIpc) is 2.51. The lowest BCUT2D eigenvalue weighted by Gasteiger charge is -2.08. The highest BCUT2D eigenvalue weighted by atomic mass is 16.5. The summed E-state index contributed by atoms with van der Waals surface area (Å²) < 4.78 is 4.80. The molecule has 0 spiro atoms. The highest BCUT2D eigenvalue weighted by Gasteiger charge is 2.03. The van der Waals surface area contributed by atoms with Crippen molar-refractivity contribution in [3.05, 3.63) is 18.0 Å². The van der Waals surface area contributed by atoms with E-state index in [-0.39, 0.29) is 12.1 Å². The molecule has 0 aromatic carbocycles. The standard InChI is InChI=1S/C8H13N3O2/c1-6(2)11-8(12)9-5-7-3-4-10-13-7/h3-4,6H,5H2,1-2H3,(H2,9,11,12). The molecule has 5 heteroatoms. The predicted octanol–water partition coefficient (Wildman–Crippen LogP) is 0.882. The summed E-state index contributed by atoms with van der Waals surface area (Å²) in [5.41, 5.74) is 0. The van der Waals surface area contributed by atoms with Gasteiger partial charge in [-0.2, -0.15) is 0 Å². The SMILES string of the molecule is CC(C)NC(=O)NCc1ccno1. The molecule has 0 saturated heterocycles.